The van der Waals surface area contributed by atoms with Crippen LogP contribution >= 0.6 is 11.3 Å². The average molecular weight is 345 g/mol. The van der Waals surface area contributed by atoms with Gasteiger partial charge in [-0.15, -0.1) is 11.3 Å². The van der Waals surface area contributed by atoms with E-state index in [4.69, 9.17) is 0 Å². The second kappa shape index (κ2) is 6.96. The number of nitrogens with one attached hydrogen (secondary N) is 2. The Kier molecular flexibility index (Phi) is 4.55. The van der Waals surface area contributed by atoms with Crippen LogP contribution in [0.4, 0.5) is 4.39 Å². The Hall–Kier alpha value is -1.83. The summed E-state index contributed by atoms with van der Waals surface area (Å²) >= 11 is 1.63. The molecule has 7 heteroatoms. The summed E-state index contributed by atoms with van der Waals surface area (Å²) in [5.74, 6) is 0. The Bertz CT molecular complexity index is 787. The van der Waals surface area contributed by atoms with Gasteiger partial charge in [0.15, 0.2) is 0 Å². The lowest BCUT2D eigenvalue weighted by atomic mass is 10.1. The van der Waals surface area contributed by atoms with Crippen molar-refractivity contribution in [2.45, 2.75) is 31.7 Å². The number of hydrogen-bond donors (Lipinski definition) is 2. The Morgan fingerprint density at radius 2 is 2.38 bits per heavy atom. The van der Waals surface area contributed by atoms with Gasteiger partial charge in [-0.05, 0) is 18.1 Å². The van der Waals surface area contributed by atoms with Gasteiger partial charge in [-0.1, -0.05) is 12.1 Å². The van der Waals surface area contributed by atoms with E-state index in [1.165, 1.54) is 5.56 Å². The number of nitrogens with zero attached hydrogens (tertiary/aromatic N) is 3. The lowest BCUT2D eigenvalue weighted by Gasteiger charge is -2.23. The fraction of sp³-hybridized carbons (Fsp3) is 0.412. The molecule has 1 aliphatic rings. The molecule has 0 saturated carbocycles. The number of aromatic amines is 1. The van der Waals surface area contributed by atoms with Gasteiger partial charge < -0.3 is 5.32 Å². The minimum absolute atomic E-state index is 0.222. The van der Waals surface area contributed by atoms with Gasteiger partial charge in [0.1, 0.15) is 11.2 Å². The minimum Gasteiger partial charge on any atom is -0.311 e. The van der Waals surface area contributed by atoms with E-state index in [1.807, 2.05) is 17.8 Å². The summed E-state index contributed by atoms with van der Waals surface area (Å²) < 4.78 is 13.8. The Morgan fingerprint density at radius 1 is 1.42 bits per heavy atom. The van der Waals surface area contributed by atoms with Crippen molar-refractivity contribution < 1.29 is 4.39 Å². The molecule has 0 aliphatic carbocycles. The normalized spacial score (nSPS) is 21.7. The van der Waals surface area contributed by atoms with E-state index in [2.05, 4.69) is 43.6 Å². The molecule has 1 aromatic carbocycles. The lowest BCUT2D eigenvalue weighted by molar-refractivity contribution is 0.230. The standard InChI is InChI=1S/C17H20FN5S/c18-14-6-15(23(10-14)11-17-20-3-4-24-17)9-19-7-12-1-2-13-8-21-22-16(13)5-12/h1-5,8,14-15,19H,6-7,9-11H2,(H,21,22)/t14-,15-/m0/s1. The highest BCUT2D eigenvalue weighted by atomic mass is 32.1. The smallest absolute Gasteiger partial charge is 0.114 e. The highest BCUT2D eigenvalue weighted by molar-refractivity contribution is 7.09. The average Bonchev–Trinajstić information content (AvgIpc) is 3.29. The molecule has 5 nitrogen and oxygen atoms in total. The van der Waals surface area contributed by atoms with Gasteiger partial charge in [0, 0.05) is 42.6 Å². The molecule has 0 bridgehead atoms. The number of likely N-dealkylation sites (tertiary alicyclic amines) is 1. The molecule has 3 aromatic rings. The van der Waals surface area contributed by atoms with Crippen LogP contribution in [0.3, 0.4) is 0 Å². The predicted molar refractivity (Wildman–Crippen MR) is 93.6 cm³/mol. The van der Waals surface area contributed by atoms with E-state index in [0.717, 1.165) is 35.5 Å². The fourth-order valence-corrected chi connectivity index (χ4v) is 3.95. The maximum absolute atomic E-state index is 13.8. The Balaban J connectivity index is 1.33. The number of hydrogen-bond acceptors (Lipinski definition) is 5. The van der Waals surface area contributed by atoms with E-state index in [0.29, 0.717) is 13.0 Å². The SMILES string of the molecule is F[C@H]1C[C@@H](CNCc2ccc3cn[nH]c3c2)N(Cc2nccs2)C1. The van der Waals surface area contributed by atoms with E-state index in [9.17, 15) is 4.39 Å². The molecule has 0 radical (unpaired) electrons. The van der Waals surface area contributed by atoms with Crippen molar-refractivity contribution in [3.63, 3.8) is 0 Å². The zero-order valence-electron chi connectivity index (χ0n) is 13.3. The predicted octanol–water partition coefficient (Wildman–Crippen LogP) is 2.72. The summed E-state index contributed by atoms with van der Waals surface area (Å²) in [6, 6.07) is 6.50. The third kappa shape index (κ3) is 3.48. The maximum atomic E-state index is 13.8. The number of H-pyrrole nitrogens is 1. The highest BCUT2D eigenvalue weighted by Crippen LogP contribution is 2.23. The second-order valence-electron chi connectivity index (χ2n) is 6.26. The van der Waals surface area contributed by atoms with Crippen LogP contribution in [-0.4, -0.2) is 45.4 Å². The molecule has 4 rings (SSSR count). The number of aromatic nitrogens is 3. The van der Waals surface area contributed by atoms with Crippen LogP contribution in [0, 0.1) is 0 Å². The Morgan fingerprint density at radius 3 is 3.25 bits per heavy atom. The minimum atomic E-state index is -0.738. The van der Waals surface area contributed by atoms with Gasteiger partial charge in [0.05, 0.1) is 18.3 Å². The molecular weight excluding hydrogens is 325 g/mol. The molecule has 1 aliphatic heterocycles. The Labute approximate surface area is 143 Å². The molecule has 0 unspecified atom stereocenters. The molecule has 2 N–H and O–H groups in total. The van der Waals surface area contributed by atoms with E-state index in [1.54, 1.807) is 11.3 Å². The summed E-state index contributed by atoms with van der Waals surface area (Å²) in [5.41, 5.74) is 2.25. The first kappa shape index (κ1) is 15.7. The molecular formula is C17H20FN5S. The lowest BCUT2D eigenvalue weighted by Crippen LogP contribution is -2.37. The molecule has 0 amide bonds. The zero-order chi connectivity index (χ0) is 16.4. The first-order chi connectivity index (χ1) is 11.8. The van der Waals surface area contributed by atoms with Gasteiger partial charge >= 0.3 is 0 Å². The van der Waals surface area contributed by atoms with Crippen molar-refractivity contribution in [3.05, 3.63) is 46.5 Å². The van der Waals surface area contributed by atoms with Crippen molar-refractivity contribution in [2.75, 3.05) is 13.1 Å². The number of alkyl halides is 1. The van der Waals surface area contributed by atoms with Gasteiger partial charge in [0.2, 0.25) is 0 Å². The van der Waals surface area contributed by atoms with Gasteiger partial charge in [-0.25, -0.2) is 9.37 Å². The number of thiazole rings is 1. The zero-order valence-corrected chi connectivity index (χ0v) is 14.1. The first-order valence-corrected chi connectivity index (χ1v) is 9.05. The van der Waals surface area contributed by atoms with E-state index >= 15 is 0 Å². The highest BCUT2D eigenvalue weighted by Gasteiger charge is 2.32. The summed E-state index contributed by atoms with van der Waals surface area (Å²) in [5, 5.41) is 14.6. The van der Waals surface area contributed by atoms with Crippen LogP contribution in [0.1, 0.15) is 17.0 Å². The number of benzene rings is 1. The van der Waals surface area contributed by atoms with Crippen LogP contribution in [0.5, 0.6) is 0 Å². The second-order valence-corrected chi connectivity index (χ2v) is 7.24. The third-order valence-electron chi connectivity index (χ3n) is 4.51. The van der Waals surface area contributed by atoms with Crippen molar-refractivity contribution in [3.8, 4) is 0 Å². The quantitative estimate of drug-likeness (QED) is 0.721. The van der Waals surface area contributed by atoms with E-state index in [-0.39, 0.29) is 6.04 Å². The topological polar surface area (TPSA) is 56.8 Å². The van der Waals surface area contributed by atoms with Crippen molar-refractivity contribution >= 4 is 22.2 Å². The third-order valence-corrected chi connectivity index (χ3v) is 5.28. The summed E-state index contributed by atoms with van der Waals surface area (Å²) in [7, 11) is 0. The molecule has 2 aromatic heterocycles. The molecule has 24 heavy (non-hydrogen) atoms. The number of rotatable bonds is 6. The molecule has 0 spiro atoms. The van der Waals surface area contributed by atoms with Crippen molar-refractivity contribution in [2.24, 2.45) is 0 Å². The number of fused-ring (bicyclic) bond motifs is 1. The van der Waals surface area contributed by atoms with Crippen LogP contribution in [0.25, 0.3) is 10.9 Å². The van der Waals surface area contributed by atoms with Crippen LogP contribution in [0.2, 0.25) is 0 Å². The molecule has 126 valence electrons. The maximum Gasteiger partial charge on any atom is 0.114 e. The summed E-state index contributed by atoms with van der Waals surface area (Å²) in [6.45, 7) is 2.80. The first-order valence-electron chi connectivity index (χ1n) is 8.17. The van der Waals surface area contributed by atoms with Crippen LogP contribution in [-0.2, 0) is 13.1 Å². The van der Waals surface area contributed by atoms with E-state index < -0.39 is 6.17 Å². The molecule has 2 atom stereocenters. The fourth-order valence-electron chi connectivity index (χ4n) is 3.31. The largest absolute Gasteiger partial charge is 0.311 e. The summed E-state index contributed by atoms with van der Waals surface area (Å²) in [6.07, 6.45) is 3.49. The van der Waals surface area contributed by atoms with Gasteiger partial charge in [0.25, 0.3) is 0 Å². The molecule has 1 fully saturated rings. The number of halogens is 1. The molecule has 1 saturated heterocycles. The van der Waals surface area contributed by atoms with Crippen molar-refractivity contribution in [1.82, 2.24) is 25.4 Å². The van der Waals surface area contributed by atoms with Gasteiger partial charge in [-0.3, -0.25) is 10.00 Å². The summed E-state index contributed by atoms with van der Waals surface area (Å²) in [4.78, 5) is 6.52. The van der Waals surface area contributed by atoms with Crippen LogP contribution in [0.15, 0.2) is 36.0 Å². The molecule has 3 heterocycles. The monoisotopic (exact) mass is 345 g/mol. The van der Waals surface area contributed by atoms with Crippen LogP contribution < -0.4 is 5.32 Å². The van der Waals surface area contributed by atoms with Gasteiger partial charge in [-0.2, -0.15) is 5.10 Å². The van der Waals surface area contributed by atoms with Crippen molar-refractivity contribution in [1.29, 1.82) is 0 Å².